The number of aliphatic hydroxyl groups is 1. The van der Waals surface area contributed by atoms with Gasteiger partial charge >= 0.3 is 12.1 Å². The van der Waals surface area contributed by atoms with Crippen molar-refractivity contribution in [2.45, 2.75) is 78.0 Å². The van der Waals surface area contributed by atoms with E-state index in [0.717, 1.165) is 38.9 Å². The molecule has 0 aliphatic rings. The van der Waals surface area contributed by atoms with E-state index in [1.54, 1.807) is 27.7 Å². The number of nitrogens with zero attached hydrogens (tertiary/aromatic N) is 6. The Bertz CT molecular complexity index is 2430. The van der Waals surface area contributed by atoms with Crippen molar-refractivity contribution < 1.29 is 28.9 Å². The number of tetrazole rings is 1. The first-order chi connectivity index (χ1) is 29.0. The van der Waals surface area contributed by atoms with Gasteiger partial charge in [0.25, 0.3) is 0 Å². The summed E-state index contributed by atoms with van der Waals surface area (Å²) in [6.45, 7) is 8.13. The molecule has 5 aromatic carbocycles. The van der Waals surface area contributed by atoms with Gasteiger partial charge in [0, 0.05) is 12.0 Å². The molecule has 12 heteroatoms. The first-order valence-corrected chi connectivity index (χ1v) is 20.0. The predicted octanol–water partition coefficient (Wildman–Crippen LogP) is 9.10. The summed E-state index contributed by atoms with van der Waals surface area (Å²) in [7, 11) is 0. The Kier molecular flexibility index (Phi) is 12.3. The molecule has 0 fully saturated rings. The second-order valence-corrected chi connectivity index (χ2v) is 15.2. The van der Waals surface area contributed by atoms with Crippen molar-refractivity contribution in [2.24, 2.45) is 0 Å². The molecule has 0 saturated heterocycles. The molecular formula is C48H48N6O6. The van der Waals surface area contributed by atoms with E-state index in [1.807, 2.05) is 115 Å². The van der Waals surface area contributed by atoms with Crippen molar-refractivity contribution in [3.05, 3.63) is 179 Å². The minimum Gasteiger partial charge on any atom is -0.456 e. The maximum Gasteiger partial charge on any atom is 0.510 e. The van der Waals surface area contributed by atoms with Gasteiger partial charge in [-0.2, -0.15) is 0 Å². The molecule has 0 unspecified atom stereocenters. The van der Waals surface area contributed by atoms with E-state index in [9.17, 15) is 14.7 Å². The van der Waals surface area contributed by atoms with Crippen LogP contribution in [0.25, 0.3) is 22.5 Å². The molecule has 0 amide bonds. The molecule has 0 aliphatic heterocycles. The van der Waals surface area contributed by atoms with E-state index in [-0.39, 0.29) is 30.8 Å². The maximum atomic E-state index is 13.7. The number of hydrogen-bond donors (Lipinski definition) is 1. The molecule has 2 heterocycles. The summed E-state index contributed by atoms with van der Waals surface area (Å²) in [5.74, 6) is 0.335. The second-order valence-electron chi connectivity index (χ2n) is 15.2. The largest absolute Gasteiger partial charge is 0.510 e. The van der Waals surface area contributed by atoms with E-state index < -0.39 is 23.3 Å². The first kappa shape index (κ1) is 41.2. The summed E-state index contributed by atoms with van der Waals surface area (Å²) in [5.41, 5.74) is 4.05. The number of imidazole rings is 1. The normalized spacial score (nSPS) is 11.7. The van der Waals surface area contributed by atoms with Crippen molar-refractivity contribution in [1.29, 1.82) is 0 Å². The predicted molar refractivity (Wildman–Crippen MR) is 227 cm³/mol. The zero-order valence-corrected chi connectivity index (χ0v) is 34.4. The van der Waals surface area contributed by atoms with Crippen molar-refractivity contribution in [3.63, 3.8) is 0 Å². The Hall–Kier alpha value is -6.92. The lowest BCUT2D eigenvalue weighted by Crippen LogP contribution is -2.39. The summed E-state index contributed by atoms with van der Waals surface area (Å²) in [5, 5.41) is 24.9. The lowest BCUT2D eigenvalue weighted by molar-refractivity contribution is 0.00806. The highest BCUT2D eigenvalue weighted by atomic mass is 16.7. The number of carbonyl (C=O) groups excluding carboxylic acids is 2. The van der Waals surface area contributed by atoms with Gasteiger partial charge in [0.1, 0.15) is 23.6 Å². The summed E-state index contributed by atoms with van der Waals surface area (Å²) < 4.78 is 19.7. The van der Waals surface area contributed by atoms with Crippen molar-refractivity contribution in [2.75, 3.05) is 0 Å². The third-order valence-electron chi connectivity index (χ3n) is 10.1. The fourth-order valence-corrected chi connectivity index (χ4v) is 7.57. The highest BCUT2D eigenvalue weighted by molar-refractivity contribution is 5.89. The molecule has 2 aromatic heterocycles. The van der Waals surface area contributed by atoms with Gasteiger partial charge in [-0.25, -0.2) is 19.3 Å². The molecule has 0 spiro atoms. The molecule has 0 saturated carbocycles. The number of ether oxygens (including phenoxy) is 3. The van der Waals surface area contributed by atoms with Crippen LogP contribution in [0.5, 0.6) is 0 Å². The van der Waals surface area contributed by atoms with Gasteiger partial charge in [-0.1, -0.05) is 146 Å². The minimum atomic E-state index is -1.52. The Morgan fingerprint density at radius 1 is 0.733 bits per heavy atom. The van der Waals surface area contributed by atoms with Crippen molar-refractivity contribution in [3.8, 4) is 22.5 Å². The Balaban J connectivity index is 1.19. The van der Waals surface area contributed by atoms with E-state index in [2.05, 4.69) is 51.7 Å². The number of esters is 1. The van der Waals surface area contributed by atoms with Gasteiger partial charge < -0.3 is 19.3 Å². The highest BCUT2D eigenvalue weighted by Gasteiger charge is 2.42. The maximum absolute atomic E-state index is 13.7. The van der Waals surface area contributed by atoms with Gasteiger partial charge in [0.05, 0.1) is 11.8 Å². The number of benzene rings is 5. The zero-order chi connectivity index (χ0) is 42.3. The van der Waals surface area contributed by atoms with Crippen LogP contribution in [-0.4, -0.2) is 53.1 Å². The topological polar surface area (TPSA) is 143 Å². The standard InChI is InChI=1S/C48H48N6O6/c1-6-18-41-49-42(43(47(4,5)57)53(41)32-59-46(56)60-33(2)3)45(55)58-31-34-27-29-35(30-28-34)39-25-16-17-26-40(39)44-50-51-52-54(44)48(36-19-10-7-11-20-36,37-21-12-8-13-22-37)38-23-14-9-15-24-38/h7-17,19-30,33,57H,6,18,31-32H2,1-5H3. The summed E-state index contributed by atoms with van der Waals surface area (Å²) in [4.78, 5) is 30.4. The number of hydrogen-bond acceptors (Lipinski definition) is 10. The van der Waals surface area contributed by atoms with Crippen LogP contribution in [0.15, 0.2) is 140 Å². The number of rotatable bonds is 15. The summed E-state index contributed by atoms with van der Waals surface area (Å²) >= 11 is 0. The molecule has 0 bridgehead atoms. The van der Waals surface area contributed by atoms with Crippen LogP contribution in [0.2, 0.25) is 0 Å². The third kappa shape index (κ3) is 8.46. The average molecular weight is 805 g/mol. The van der Waals surface area contributed by atoms with Crippen LogP contribution in [-0.2, 0) is 45.1 Å². The van der Waals surface area contributed by atoms with Gasteiger partial charge in [0.2, 0.25) is 0 Å². The van der Waals surface area contributed by atoms with E-state index in [0.29, 0.717) is 24.5 Å². The van der Waals surface area contributed by atoms with Crippen molar-refractivity contribution >= 4 is 12.1 Å². The fourth-order valence-electron chi connectivity index (χ4n) is 7.57. The van der Waals surface area contributed by atoms with Gasteiger partial charge in [-0.15, -0.1) is 5.10 Å². The van der Waals surface area contributed by atoms with Crippen LogP contribution in [0.3, 0.4) is 0 Å². The monoisotopic (exact) mass is 804 g/mol. The molecule has 1 N–H and O–H groups in total. The van der Waals surface area contributed by atoms with Crippen LogP contribution in [0, 0.1) is 0 Å². The van der Waals surface area contributed by atoms with Crippen LogP contribution in [0.4, 0.5) is 4.79 Å². The van der Waals surface area contributed by atoms with Crippen LogP contribution >= 0.6 is 0 Å². The SMILES string of the molecule is CCCc1nc(C(=O)OCc2ccc(-c3ccccc3-c3nnnn3C(c3ccccc3)(c3ccccc3)c3ccccc3)cc2)c(C(C)(C)O)n1COC(=O)OC(C)C. The first-order valence-electron chi connectivity index (χ1n) is 20.0. The molecule has 7 rings (SSSR count). The minimum absolute atomic E-state index is 0.0485. The Morgan fingerprint density at radius 3 is 1.82 bits per heavy atom. The van der Waals surface area contributed by atoms with Gasteiger partial charge in [0.15, 0.2) is 18.2 Å². The molecule has 7 aromatic rings. The molecule has 0 radical (unpaired) electrons. The number of aryl methyl sites for hydroxylation is 1. The molecule has 12 nitrogen and oxygen atoms in total. The van der Waals surface area contributed by atoms with Gasteiger partial charge in [-0.3, -0.25) is 4.57 Å². The summed E-state index contributed by atoms with van der Waals surface area (Å²) in [6, 6.07) is 46.5. The Morgan fingerprint density at radius 2 is 1.28 bits per heavy atom. The number of aromatic nitrogens is 6. The van der Waals surface area contributed by atoms with Crippen molar-refractivity contribution in [1.82, 2.24) is 29.8 Å². The van der Waals surface area contributed by atoms with E-state index in [1.165, 1.54) is 4.57 Å². The van der Waals surface area contributed by atoms with Crippen LogP contribution in [0.1, 0.15) is 85.3 Å². The lowest BCUT2D eigenvalue weighted by atomic mass is 9.77. The quantitative estimate of drug-likeness (QED) is 0.0788. The molecule has 60 heavy (non-hydrogen) atoms. The molecule has 306 valence electrons. The third-order valence-corrected chi connectivity index (χ3v) is 10.1. The molecular weight excluding hydrogens is 757 g/mol. The number of carbonyl (C=O) groups is 2. The van der Waals surface area contributed by atoms with Gasteiger partial charge in [-0.05, 0) is 77.9 Å². The Labute approximate surface area is 349 Å². The van der Waals surface area contributed by atoms with E-state index >= 15 is 0 Å². The summed E-state index contributed by atoms with van der Waals surface area (Å²) in [6.07, 6.45) is -0.0650. The van der Waals surface area contributed by atoms with Crippen LogP contribution < -0.4 is 0 Å². The van der Waals surface area contributed by atoms with E-state index in [4.69, 9.17) is 19.4 Å². The molecule has 0 aliphatic carbocycles. The zero-order valence-electron chi connectivity index (χ0n) is 34.4. The molecule has 0 atom stereocenters. The highest BCUT2D eigenvalue weighted by Crippen LogP contribution is 2.43. The average Bonchev–Trinajstić information content (AvgIpc) is 3.90. The lowest BCUT2D eigenvalue weighted by Gasteiger charge is -2.36. The fraction of sp³-hybridized carbons (Fsp3) is 0.250. The second kappa shape index (κ2) is 17.9. The smallest absolute Gasteiger partial charge is 0.456 e.